The number of benzene rings is 1. The SMILES string of the molecule is COC(=O)C1C(C)=C1c1ccc(Cl)cc1. The highest BCUT2D eigenvalue weighted by atomic mass is 35.5. The zero-order valence-corrected chi connectivity index (χ0v) is 9.34. The second-order valence-electron chi connectivity index (χ2n) is 3.56. The van der Waals surface area contributed by atoms with E-state index in [1.807, 2.05) is 31.2 Å². The third-order valence-corrected chi connectivity index (χ3v) is 2.91. The number of esters is 1. The van der Waals surface area contributed by atoms with E-state index in [0.717, 1.165) is 16.7 Å². The van der Waals surface area contributed by atoms with Crippen LogP contribution in [0.4, 0.5) is 0 Å². The number of hydrogen-bond donors (Lipinski definition) is 0. The van der Waals surface area contributed by atoms with Gasteiger partial charge in [0.1, 0.15) is 5.92 Å². The van der Waals surface area contributed by atoms with Crippen molar-refractivity contribution in [2.45, 2.75) is 6.92 Å². The predicted octanol–water partition coefficient (Wildman–Crippen LogP) is 2.92. The Labute approximate surface area is 93.5 Å². The van der Waals surface area contributed by atoms with Crippen LogP contribution in [-0.4, -0.2) is 13.1 Å². The van der Waals surface area contributed by atoms with Crippen LogP contribution in [0, 0.1) is 5.92 Å². The van der Waals surface area contributed by atoms with Crippen molar-refractivity contribution in [2.75, 3.05) is 7.11 Å². The molecule has 0 radical (unpaired) electrons. The fraction of sp³-hybridized carbons (Fsp3) is 0.250. The summed E-state index contributed by atoms with van der Waals surface area (Å²) >= 11 is 5.79. The van der Waals surface area contributed by atoms with Crippen LogP contribution in [-0.2, 0) is 9.53 Å². The van der Waals surface area contributed by atoms with Crippen LogP contribution >= 0.6 is 11.6 Å². The molecule has 0 aromatic heterocycles. The summed E-state index contributed by atoms with van der Waals surface area (Å²) in [6.07, 6.45) is 0. The van der Waals surface area contributed by atoms with Crippen molar-refractivity contribution >= 4 is 23.1 Å². The third-order valence-electron chi connectivity index (χ3n) is 2.66. The first-order valence-electron chi connectivity index (χ1n) is 4.69. The van der Waals surface area contributed by atoms with Crippen molar-refractivity contribution in [3.63, 3.8) is 0 Å². The molecule has 1 aromatic rings. The Kier molecular flexibility index (Phi) is 2.53. The number of ether oxygens (including phenoxy) is 1. The van der Waals surface area contributed by atoms with Gasteiger partial charge in [-0.25, -0.2) is 0 Å². The maximum absolute atomic E-state index is 11.3. The Morgan fingerprint density at radius 2 is 1.93 bits per heavy atom. The van der Waals surface area contributed by atoms with Gasteiger partial charge in [0, 0.05) is 5.02 Å². The molecule has 1 atom stereocenters. The molecular formula is C12H11ClO2. The van der Waals surface area contributed by atoms with Crippen LogP contribution in [0.25, 0.3) is 5.57 Å². The summed E-state index contributed by atoms with van der Waals surface area (Å²) in [4.78, 5) is 11.3. The van der Waals surface area contributed by atoms with E-state index in [1.165, 1.54) is 7.11 Å². The summed E-state index contributed by atoms with van der Waals surface area (Å²) in [5, 5.41) is 0.701. The highest BCUT2D eigenvalue weighted by Crippen LogP contribution is 2.47. The molecule has 0 heterocycles. The summed E-state index contributed by atoms with van der Waals surface area (Å²) in [6.45, 7) is 1.95. The lowest BCUT2D eigenvalue weighted by Crippen LogP contribution is -2.05. The molecule has 0 saturated heterocycles. The fourth-order valence-electron chi connectivity index (χ4n) is 1.77. The van der Waals surface area contributed by atoms with E-state index in [-0.39, 0.29) is 11.9 Å². The van der Waals surface area contributed by atoms with Crippen molar-refractivity contribution in [1.82, 2.24) is 0 Å². The van der Waals surface area contributed by atoms with Gasteiger partial charge in [-0.1, -0.05) is 23.7 Å². The molecule has 2 nitrogen and oxygen atoms in total. The van der Waals surface area contributed by atoms with Crippen molar-refractivity contribution in [2.24, 2.45) is 5.92 Å². The van der Waals surface area contributed by atoms with Crippen molar-refractivity contribution in [3.8, 4) is 0 Å². The second kappa shape index (κ2) is 3.70. The van der Waals surface area contributed by atoms with Crippen LogP contribution in [0.1, 0.15) is 12.5 Å². The quantitative estimate of drug-likeness (QED) is 0.720. The number of methoxy groups -OCH3 is 1. The molecule has 0 fully saturated rings. The van der Waals surface area contributed by atoms with Crippen molar-refractivity contribution in [3.05, 3.63) is 40.4 Å². The van der Waals surface area contributed by atoms with Crippen LogP contribution < -0.4 is 0 Å². The third kappa shape index (κ3) is 1.77. The standard InChI is InChI=1S/C12H11ClO2/c1-7-10(11(7)12(14)15-2)8-3-5-9(13)6-4-8/h3-6,11H,1-2H3. The van der Waals surface area contributed by atoms with Gasteiger partial charge in [-0.2, -0.15) is 0 Å². The second-order valence-corrected chi connectivity index (χ2v) is 4.00. The zero-order chi connectivity index (χ0) is 11.0. The molecule has 1 aliphatic carbocycles. The fourth-order valence-corrected chi connectivity index (χ4v) is 1.89. The maximum atomic E-state index is 11.3. The topological polar surface area (TPSA) is 26.3 Å². The molecule has 0 bridgehead atoms. The lowest BCUT2D eigenvalue weighted by molar-refractivity contribution is -0.141. The Bertz CT molecular complexity index is 431. The predicted molar refractivity (Wildman–Crippen MR) is 59.6 cm³/mol. The average molecular weight is 223 g/mol. The van der Waals surface area contributed by atoms with Gasteiger partial charge in [0.05, 0.1) is 7.11 Å². The highest BCUT2D eigenvalue weighted by Gasteiger charge is 2.40. The summed E-state index contributed by atoms with van der Waals surface area (Å²) in [5.41, 5.74) is 3.20. The average Bonchev–Trinajstić information content (AvgIpc) is 2.90. The van der Waals surface area contributed by atoms with Crippen molar-refractivity contribution < 1.29 is 9.53 Å². The molecule has 0 aliphatic heterocycles. The van der Waals surface area contributed by atoms with Crippen molar-refractivity contribution in [1.29, 1.82) is 0 Å². The molecule has 3 heteroatoms. The number of carbonyl (C=O) groups is 1. The lowest BCUT2D eigenvalue weighted by Gasteiger charge is -1.99. The summed E-state index contributed by atoms with van der Waals surface area (Å²) < 4.78 is 4.71. The van der Waals surface area contributed by atoms with E-state index < -0.39 is 0 Å². The first kappa shape index (κ1) is 10.2. The summed E-state index contributed by atoms with van der Waals surface area (Å²) in [5.74, 6) is -0.325. The maximum Gasteiger partial charge on any atom is 0.317 e. The van der Waals surface area contributed by atoms with Gasteiger partial charge < -0.3 is 4.74 Å². The molecule has 1 aromatic carbocycles. The molecule has 1 aliphatic rings. The van der Waals surface area contributed by atoms with E-state index in [9.17, 15) is 4.79 Å². The molecule has 15 heavy (non-hydrogen) atoms. The first-order valence-corrected chi connectivity index (χ1v) is 5.07. The van der Waals surface area contributed by atoms with Gasteiger partial charge in [-0.05, 0) is 35.8 Å². The van der Waals surface area contributed by atoms with E-state index in [0.29, 0.717) is 5.02 Å². The van der Waals surface area contributed by atoms with E-state index in [4.69, 9.17) is 16.3 Å². The minimum atomic E-state index is -0.183. The van der Waals surface area contributed by atoms with Crippen LogP contribution in [0.5, 0.6) is 0 Å². The Hall–Kier alpha value is -1.28. The highest BCUT2D eigenvalue weighted by molar-refractivity contribution is 6.30. The van der Waals surface area contributed by atoms with E-state index >= 15 is 0 Å². The minimum absolute atomic E-state index is 0.142. The Balaban J connectivity index is 2.21. The van der Waals surface area contributed by atoms with Gasteiger partial charge in [0.25, 0.3) is 0 Å². The molecule has 2 rings (SSSR count). The van der Waals surface area contributed by atoms with Gasteiger partial charge in [-0.3, -0.25) is 4.79 Å². The first-order chi connectivity index (χ1) is 7.15. The summed E-state index contributed by atoms with van der Waals surface area (Å²) in [7, 11) is 1.41. The Morgan fingerprint density at radius 3 is 2.47 bits per heavy atom. The molecule has 0 spiro atoms. The largest absolute Gasteiger partial charge is 0.468 e. The van der Waals surface area contributed by atoms with Crippen LogP contribution in [0.2, 0.25) is 5.02 Å². The van der Waals surface area contributed by atoms with Gasteiger partial charge in [0.15, 0.2) is 0 Å². The van der Waals surface area contributed by atoms with Gasteiger partial charge in [-0.15, -0.1) is 0 Å². The molecule has 0 N–H and O–H groups in total. The normalized spacial score (nSPS) is 19.0. The Morgan fingerprint density at radius 1 is 1.33 bits per heavy atom. The minimum Gasteiger partial charge on any atom is -0.468 e. The molecular weight excluding hydrogens is 212 g/mol. The lowest BCUT2D eigenvalue weighted by atomic mass is 10.1. The van der Waals surface area contributed by atoms with Gasteiger partial charge in [0.2, 0.25) is 0 Å². The van der Waals surface area contributed by atoms with Crippen LogP contribution in [0.3, 0.4) is 0 Å². The number of hydrogen-bond acceptors (Lipinski definition) is 2. The molecule has 78 valence electrons. The number of rotatable bonds is 2. The van der Waals surface area contributed by atoms with Crippen LogP contribution in [0.15, 0.2) is 29.8 Å². The molecule has 0 saturated carbocycles. The zero-order valence-electron chi connectivity index (χ0n) is 8.58. The number of carbonyl (C=O) groups excluding carboxylic acids is 1. The molecule has 1 unspecified atom stereocenters. The smallest absolute Gasteiger partial charge is 0.317 e. The van der Waals surface area contributed by atoms with E-state index in [1.54, 1.807) is 0 Å². The van der Waals surface area contributed by atoms with Gasteiger partial charge >= 0.3 is 5.97 Å². The number of halogens is 1. The molecule has 0 amide bonds. The summed E-state index contributed by atoms with van der Waals surface area (Å²) in [6, 6.07) is 7.49. The van der Waals surface area contributed by atoms with E-state index in [2.05, 4.69) is 0 Å². The monoisotopic (exact) mass is 222 g/mol.